The van der Waals surface area contributed by atoms with Crippen molar-refractivity contribution >= 4 is 5.97 Å². The zero-order chi connectivity index (χ0) is 9.19. The lowest BCUT2D eigenvalue weighted by Crippen LogP contribution is -2.36. The maximum atomic E-state index is 10.6. The van der Waals surface area contributed by atoms with Crippen LogP contribution in [0.4, 0.5) is 0 Å². The smallest absolute Gasteiger partial charge is 0.340 e. The Balaban J connectivity index is 2.88. The van der Waals surface area contributed by atoms with Crippen molar-refractivity contribution in [2.45, 2.75) is 25.4 Å². The first-order valence-corrected chi connectivity index (χ1v) is 3.88. The van der Waals surface area contributed by atoms with Gasteiger partial charge in [-0.25, -0.2) is 4.79 Å². The van der Waals surface area contributed by atoms with Crippen LogP contribution in [-0.2, 0) is 4.79 Å². The van der Waals surface area contributed by atoms with E-state index in [0.29, 0.717) is 5.57 Å². The van der Waals surface area contributed by atoms with Crippen LogP contribution in [0, 0.1) is 0 Å². The maximum Gasteiger partial charge on any atom is 0.340 e. The van der Waals surface area contributed by atoms with Gasteiger partial charge >= 0.3 is 5.97 Å². The van der Waals surface area contributed by atoms with Crippen molar-refractivity contribution in [3.8, 4) is 0 Å². The third kappa shape index (κ3) is 1.56. The second-order valence-electron chi connectivity index (χ2n) is 3.02. The lowest BCUT2D eigenvalue weighted by Gasteiger charge is -2.21. The third-order valence-corrected chi connectivity index (χ3v) is 1.97. The molecule has 1 rings (SSSR count). The molecule has 3 heteroatoms. The SMILES string of the molecule is CC(O)(C(=O)O)C1=CCCC=C1. The summed E-state index contributed by atoms with van der Waals surface area (Å²) in [6.45, 7) is 1.29. The highest BCUT2D eigenvalue weighted by Crippen LogP contribution is 2.22. The van der Waals surface area contributed by atoms with E-state index in [0.717, 1.165) is 12.8 Å². The molecule has 66 valence electrons. The molecule has 0 spiro atoms. The Bertz CT molecular complexity index is 248. The van der Waals surface area contributed by atoms with E-state index < -0.39 is 11.6 Å². The number of hydrogen-bond donors (Lipinski definition) is 2. The van der Waals surface area contributed by atoms with Crippen LogP contribution >= 0.6 is 0 Å². The fraction of sp³-hybridized carbons (Fsp3) is 0.444. The van der Waals surface area contributed by atoms with E-state index in [1.54, 1.807) is 12.2 Å². The minimum atomic E-state index is -1.74. The standard InChI is InChI=1S/C9H12O3/c1-9(12,8(10)11)7-5-3-2-4-6-7/h3,5-6,12H,2,4H2,1H3,(H,10,11). The first-order valence-electron chi connectivity index (χ1n) is 3.88. The van der Waals surface area contributed by atoms with Gasteiger partial charge < -0.3 is 10.2 Å². The van der Waals surface area contributed by atoms with Crippen molar-refractivity contribution in [3.63, 3.8) is 0 Å². The number of allylic oxidation sites excluding steroid dienone is 2. The Morgan fingerprint density at radius 1 is 1.58 bits per heavy atom. The van der Waals surface area contributed by atoms with Gasteiger partial charge in [-0.1, -0.05) is 18.2 Å². The molecule has 1 atom stereocenters. The molecule has 0 aromatic carbocycles. The van der Waals surface area contributed by atoms with Crippen molar-refractivity contribution in [1.29, 1.82) is 0 Å². The lowest BCUT2D eigenvalue weighted by molar-refractivity contribution is -0.152. The molecule has 0 bridgehead atoms. The van der Waals surface area contributed by atoms with Gasteiger partial charge in [0.15, 0.2) is 5.60 Å². The number of aliphatic hydroxyl groups is 1. The Labute approximate surface area is 71.0 Å². The van der Waals surface area contributed by atoms with Gasteiger partial charge in [0.1, 0.15) is 0 Å². The topological polar surface area (TPSA) is 57.5 Å². The Morgan fingerprint density at radius 2 is 2.25 bits per heavy atom. The van der Waals surface area contributed by atoms with Gasteiger partial charge in [0, 0.05) is 0 Å². The summed E-state index contributed by atoms with van der Waals surface area (Å²) in [4.78, 5) is 10.6. The van der Waals surface area contributed by atoms with Crippen molar-refractivity contribution < 1.29 is 15.0 Å². The van der Waals surface area contributed by atoms with Gasteiger partial charge in [-0.2, -0.15) is 0 Å². The predicted octanol–water partition coefficient (Wildman–Crippen LogP) is 1.10. The summed E-state index contributed by atoms with van der Waals surface area (Å²) in [7, 11) is 0. The molecule has 0 aliphatic heterocycles. The Kier molecular flexibility index (Phi) is 2.33. The van der Waals surface area contributed by atoms with Crippen LogP contribution in [0.25, 0.3) is 0 Å². The first kappa shape index (κ1) is 9.00. The molecule has 0 saturated heterocycles. The molecule has 0 aromatic heterocycles. The van der Waals surface area contributed by atoms with E-state index in [1.165, 1.54) is 6.92 Å². The number of rotatable bonds is 2. The monoisotopic (exact) mass is 168 g/mol. The van der Waals surface area contributed by atoms with Crippen LogP contribution in [0.2, 0.25) is 0 Å². The first-order chi connectivity index (χ1) is 5.55. The van der Waals surface area contributed by atoms with E-state index in [-0.39, 0.29) is 0 Å². The fourth-order valence-corrected chi connectivity index (χ4v) is 1.10. The molecule has 0 aromatic rings. The van der Waals surface area contributed by atoms with Crippen LogP contribution in [-0.4, -0.2) is 21.8 Å². The summed E-state index contributed by atoms with van der Waals surface area (Å²) in [6, 6.07) is 0. The molecule has 1 aliphatic rings. The molecule has 2 N–H and O–H groups in total. The minimum absolute atomic E-state index is 0.473. The zero-order valence-electron chi connectivity index (χ0n) is 6.95. The number of carbonyl (C=O) groups is 1. The highest BCUT2D eigenvalue weighted by Gasteiger charge is 2.33. The summed E-state index contributed by atoms with van der Waals surface area (Å²) in [5.41, 5.74) is -1.27. The molecule has 0 saturated carbocycles. The summed E-state index contributed by atoms with van der Waals surface area (Å²) in [6.07, 6.45) is 7.01. The van der Waals surface area contributed by atoms with E-state index in [2.05, 4.69) is 0 Å². The number of carboxylic acids is 1. The van der Waals surface area contributed by atoms with E-state index in [4.69, 9.17) is 5.11 Å². The van der Waals surface area contributed by atoms with Gasteiger partial charge in [-0.05, 0) is 25.3 Å². The van der Waals surface area contributed by atoms with Crippen molar-refractivity contribution in [3.05, 3.63) is 23.8 Å². The highest BCUT2D eigenvalue weighted by molar-refractivity contribution is 5.81. The molecule has 12 heavy (non-hydrogen) atoms. The quantitative estimate of drug-likeness (QED) is 0.649. The molecule has 0 heterocycles. The second-order valence-corrected chi connectivity index (χ2v) is 3.02. The summed E-state index contributed by atoms with van der Waals surface area (Å²) < 4.78 is 0. The molecule has 0 radical (unpaired) electrons. The molecule has 0 fully saturated rings. The normalized spacial score (nSPS) is 21.3. The Morgan fingerprint density at radius 3 is 2.67 bits per heavy atom. The molecule has 3 nitrogen and oxygen atoms in total. The van der Waals surface area contributed by atoms with Gasteiger partial charge in [-0.15, -0.1) is 0 Å². The van der Waals surface area contributed by atoms with E-state index in [9.17, 15) is 9.90 Å². The summed E-state index contributed by atoms with van der Waals surface area (Å²) in [5, 5.41) is 18.2. The highest BCUT2D eigenvalue weighted by atomic mass is 16.4. The number of aliphatic carboxylic acids is 1. The lowest BCUT2D eigenvalue weighted by atomic mass is 9.91. The van der Waals surface area contributed by atoms with Crippen molar-refractivity contribution in [2.75, 3.05) is 0 Å². The minimum Gasteiger partial charge on any atom is -0.479 e. The van der Waals surface area contributed by atoms with Crippen LogP contribution in [0.15, 0.2) is 23.8 Å². The van der Waals surface area contributed by atoms with Crippen molar-refractivity contribution in [2.24, 2.45) is 0 Å². The van der Waals surface area contributed by atoms with Gasteiger partial charge in [0.25, 0.3) is 0 Å². The zero-order valence-corrected chi connectivity index (χ0v) is 6.95. The number of carboxylic acid groups (broad SMARTS) is 1. The van der Waals surface area contributed by atoms with E-state index >= 15 is 0 Å². The molecular weight excluding hydrogens is 156 g/mol. The largest absolute Gasteiger partial charge is 0.479 e. The molecule has 0 amide bonds. The number of hydrogen-bond acceptors (Lipinski definition) is 2. The van der Waals surface area contributed by atoms with Gasteiger partial charge in [0.2, 0.25) is 0 Å². The third-order valence-electron chi connectivity index (χ3n) is 1.97. The fourth-order valence-electron chi connectivity index (χ4n) is 1.10. The summed E-state index contributed by atoms with van der Waals surface area (Å²) in [5.74, 6) is -1.21. The molecule has 1 aliphatic carbocycles. The van der Waals surface area contributed by atoms with Crippen LogP contribution in [0.5, 0.6) is 0 Å². The molecule has 1 unspecified atom stereocenters. The maximum absolute atomic E-state index is 10.6. The Hall–Kier alpha value is -1.09. The van der Waals surface area contributed by atoms with Gasteiger partial charge in [-0.3, -0.25) is 0 Å². The average Bonchev–Trinajstić information content (AvgIpc) is 2.06. The van der Waals surface area contributed by atoms with Crippen molar-refractivity contribution in [1.82, 2.24) is 0 Å². The average molecular weight is 168 g/mol. The van der Waals surface area contributed by atoms with Gasteiger partial charge in [0.05, 0.1) is 0 Å². The van der Waals surface area contributed by atoms with Crippen LogP contribution in [0.1, 0.15) is 19.8 Å². The van der Waals surface area contributed by atoms with E-state index in [1.807, 2.05) is 6.08 Å². The second kappa shape index (κ2) is 3.11. The molecular formula is C9H12O3. The van der Waals surface area contributed by atoms with Crippen LogP contribution < -0.4 is 0 Å². The summed E-state index contributed by atoms with van der Waals surface area (Å²) >= 11 is 0. The predicted molar refractivity (Wildman–Crippen MR) is 44.7 cm³/mol. The van der Waals surface area contributed by atoms with Crippen LogP contribution in [0.3, 0.4) is 0 Å².